The fraction of sp³-hybridized carbons (Fsp3) is 0.190. The van der Waals surface area contributed by atoms with Gasteiger partial charge in [-0.05, 0) is 12.1 Å². The van der Waals surface area contributed by atoms with Crippen molar-refractivity contribution >= 4 is 11.8 Å². The Morgan fingerprint density at radius 1 is 1.07 bits per heavy atom. The van der Waals surface area contributed by atoms with E-state index < -0.39 is 0 Å². The average Bonchev–Trinajstić information content (AvgIpc) is 3.39. The molecule has 0 amide bonds. The van der Waals surface area contributed by atoms with Crippen LogP contribution in [0.4, 0.5) is 0 Å². The van der Waals surface area contributed by atoms with Crippen molar-refractivity contribution in [1.29, 1.82) is 0 Å². The summed E-state index contributed by atoms with van der Waals surface area (Å²) in [6, 6.07) is 18.1. The molecule has 7 heteroatoms. The Kier molecular flexibility index (Phi) is 5.43. The quantitative estimate of drug-likeness (QED) is 0.422. The monoisotopic (exact) mass is 392 g/mol. The predicted molar refractivity (Wildman–Crippen MR) is 109 cm³/mol. The molecule has 2 aromatic carbocycles. The van der Waals surface area contributed by atoms with Crippen LogP contribution < -0.4 is 4.74 Å². The maximum absolute atomic E-state index is 5.60. The van der Waals surface area contributed by atoms with Crippen molar-refractivity contribution in [2.24, 2.45) is 0 Å². The van der Waals surface area contributed by atoms with Crippen LogP contribution >= 0.6 is 11.8 Å². The average molecular weight is 392 g/mol. The first-order valence-corrected chi connectivity index (χ1v) is 9.99. The van der Waals surface area contributed by atoms with Gasteiger partial charge in [0, 0.05) is 12.0 Å². The molecule has 0 fully saturated rings. The second-order valence-electron chi connectivity index (χ2n) is 6.05. The number of rotatable bonds is 7. The second kappa shape index (κ2) is 8.31. The summed E-state index contributed by atoms with van der Waals surface area (Å²) in [4.78, 5) is 9.05. The molecule has 0 aliphatic carbocycles. The summed E-state index contributed by atoms with van der Waals surface area (Å²) < 4.78 is 13.0. The van der Waals surface area contributed by atoms with Gasteiger partial charge < -0.3 is 9.26 Å². The molecular weight excluding hydrogens is 372 g/mol. The third-order valence-corrected chi connectivity index (χ3v) is 5.21. The molecule has 0 saturated heterocycles. The molecule has 0 radical (unpaired) electrons. The first kappa shape index (κ1) is 18.3. The molecular formula is C21H20N4O2S. The number of benzene rings is 2. The summed E-state index contributed by atoms with van der Waals surface area (Å²) in [5.74, 6) is 2.64. The number of aromatic nitrogens is 4. The zero-order chi connectivity index (χ0) is 19.3. The van der Waals surface area contributed by atoms with E-state index in [0.717, 1.165) is 34.3 Å². The molecule has 142 valence electrons. The Hall–Kier alpha value is -3.06. The normalized spacial score (nSPS) is 10.9. The summed E-state index contributed by atoms with van der Waals surface area (Å²) in [6.07, 6.45) is 2.64. The van der Waals surface area contributed by atoms with Crippen molar-refractivity contribution < 1.29 is 9.26 Å². The number of aryl methyl sites for hydroxylation is 1. The van der Waals surface area contributed by atoms with E-state index in [0.29, 0.717) is 17.5 Å². The topological polar surface area (TPSA) is 66.0 Å². The SMILES string of the molecule is CCc1noc(CSc2ncc(-c3ccccc3)n2-c2ccccc2OC)n1. The molecule has 0 unspecified atom stereocenters. The highest BCUT2D eigenvalue weighted by molar-refractivity contribution is 7.98. The van der Waals surface area contributed by atoms with E-state index >= 15 is 0 Å². The van der Waals surface area contributed by atoms with Gasteiger partial charge in [0.1, 0.15) is 5.75 Å². The maximum Gasteiger partial charge on any atom is 0.237 e. The lowest BCUT2D eigenvalue weighted by Crippen LogP contribution is -2.02. The van der Waals surface area contributed by atoms with Crippen LogP contribution in [0, 0.1) is 0 Å². The minimum absolute atomic E-state index is 0.549. The van der Waals surface area contributed by atoms with E-state index in [2.05, 4.69) is 31.8 Å². The van der Waals surface area contributed by atoms with E-state index in [9.17, 15) is 0 Å². The molecule has 2 heterocycles. The number of para-hydroxylation sites is 2. The molecule has 4 rings (SSSR count). The van der Waals surface area contributed by atoms with Gasteiger partial charge in [-0.1, -0.05) is 66.3 Å². The van der Waals surface area contributed by atoms with Gasteiger partial charge in [0.25, 0.3) is 0 Å². The van der Waals surface area contributed by atoms with Gasteiger partial charge in [-0.2, -0.15) is 4.98 Å². The molecule has 0 saturated carbocycles. The number of nitrogens with zero attached hydrogens (tertiary/aromatic N) is 4. The standard InChI is InChI=1S/C21H20N4O2S/c1-3-19-23-20(27-24-19)14-28-21-22-13-17(15-9-5-4-6-10-15)25(21)16-11-7-8-12-18(16)26-2/h4-13H,3,14H2,1-2H3. The summed E-state index contributed by atoms with van der Waals surface area (Å²) in [6.45, 7) is 2.00. The Balaban J connectivity index is 1.75. The van der Waals surface area contributed by atoms with E-state index in [1.165, 1.54) is 0 Å². The third kappa shape index (κ3) is 3.66. The van der Waals surface area contributed by atoms with Crippen molar-refractivity contribution in [2.75, 3.05) is 7.11 Å². The van der Waals surface area contributed by atoms with Gasteiger partial charge in [-0.15, -0.1) is 0 Å². The Morgan fingerprint density at radius 3 is 2.61 bits per heavy atom. The van der Waals surface area contributed by atoms with E-state index in [1.807, 2.05) is 55.6 Å². The van der Waals surface area contributed by atoms with Crippen molar-refractivity contribution in [1.82, 2.24) is 19.7 Å². The van der Waals surface area contributed by atoms with Crippen LogP contribution in [0.1, 0.15) is 18.6 Å². The fourth-order valence-corrected chi connectivity index (χ4v) is 3.74. The highest BCUT2D eigenvalue weighted by Gasteiger charge is 2.18. The van der Waals surface area contributed by atoms with E-state index in [-0.39, 0.29) is 0 Å². The van der Waals surface area contributed by atoms with Crippen molar-refractivity contribution in [3.05, 3.63) is 72.5 Å². The molecule has 6 nitrogen and oxygen atoms in total. The molecule has 0 bridgehead atoms. The van der Waals surface area contributed by atoms with Gasteiger partial charge in [0.15, 0.2) is 11.0 Å². The van der Waals surface area contributed by atoms with Crippen LogP contribution in [0.3, 0.4) is 0 Å². The Bertz CT molecular complexity index is 1060. The van der Waals surface area contributed by atoms with E-state index in [1.54, 1.807) is 18.9 Å². The van der Waals surface area contributed by atoms with Crippen LogP contribution in [0.2, 0.25) is 0 Å². The third-order valence-electron chi connectivity index (χ3n) is 4.28. The Labute approximate surface area is 167 Å². The maximum atomic E-state index is 5.60. The molecule has 2 aromatic heterocycles. The number of methoxy groups -OCH3 is 1. The number of hydrogen-bond donors (Lipinski definition) is 0. The first-order valence-electron chi connectivity index (χ1n) is 9.01. The smallest absolute Gasteiger partial charge is 0.237 e. The van der Waals surface area contributed by atoms with Gasteiger partial charge in [0.2, 0.25) is 5.89 Å². The summed E-state index contributed by atoms with van der Waals surface area (Å²) in [7, 11) is 1.68. The van der Waals surface area contributed by atoms with Crippen LogP contribution in [0.15, 0.2) is 70.5 Å². The lowest BCUT2D eigenvalue weighted by Gasteiger charge is -2.15. The lowest BCUT2D eigenvalue weighted by molar-refractivity contribution is 0.385. The van der Waals surface area contributed by atoms with Crippen LogP contribution in [0.5, 0.6) is 5.75 Å². The van der Waals surface area contributed by atoms with Crippen molar-refractivity contribution in [3.63, 3.8) is 0 Å². The number of imidazole rings is 1. The van der Waals surface area contributed by atoms with Gasteiger partial charge >= 0.3 is 0 Å². The minimum Gasteiger partial charge on any atom is -0.495 e. The first-order chi connectivity index (χ1) is 13.8. The lowest BCUT2D eigenvalue weighted by atomic mass is 10.1. The number of thioether (sulfide) groups is 1. The molecule has 0 aliphatic heterocycles. The summed E-state index contributed by atoms with van der Waals surface area (Å²) in [5.41, 5.74) is 3.01. The highest BCUT2D eigenvalue weighted by Crippen LogP contribution is 2.34. The molecule has 0 spiro atoms. The largest absolute Gasteiger partial charge is 0.495 e. The van der Waals surface area contributed by atoms with E-state index in [4.69, 9.17) is 9.26 Å². The van der Waals surface area contributed by atoms with Crippen LogP contribution in [0.25, 0.3) is 16.9 Å². The summed E-state index contributed by atoms with van der Waals surface area (Å²) >= 11 is 1.55. The number of ether oxygens (including phenoxy) is 1. The molecule has 0 aliphatic rings. The molecule has 28 heavy (non-hydrogen) atoms. The Morgan fingerprint density at radius 2 is 1.86 bits per heavy atom. The second-order valence-corrected chi connectivity index (χ2v) is 6.99. The number of hydrogen-bond acceptors (Lipinski definition) is 6. The van der Waals surface area contributed by atoms with Crippen LogP contribution in [-0.4, -0.2) is 26.8 Å². The zero-order valence-electron chi connectivity index (χ0n) is 15.7. The highest BCUT2D eigenvalue weighted by atomic mass is 32.2. The van der Waals surface area contributed by atoms with Gasteiger partial charge in [-0.25, -0.2) is 4.98 Å². The fourth-order valence-electron chi connectivity index (χ4n) is 2.92. The van der Waals surface area contributed by atoms with Gasteiger partial charge in [0.05, 0.1) is 30.4 Å². The van der Waals surface area contributed by atoms with Crippen LogP contribution in [-0.2, 0) is 12.2 Å². The zero-order valence-corrected chi connectivity index (χ0v) is 16.5. The molecule has 0 N–H and O–H groups in total. The predicted octanol–water partition coefficient (Wildman–Crippen LogP) is 4.79. The molecule has 0 atom stereocenters. The van der Waals surface area contributed by atoms with Crippen molar-refractivity contribution in [3.8, 4) is 22.7 Å². The van der Waals surface area contributed by atoms with Crippen molar-refractivity contribution in [2.45, 2.75) is 24.3 Å². The van der Waals surface area contributed by atoms with Gasteiger partial charge in [-0.3, -0.25) is 4.57 Å². The summed E-state index contributed by atoms with van der Waals surface area (Å²) in [5, 5.41) is 4.79. The minimum atomic E-state index is 0.549. The molecule has 4 aromatic rings.